The van der Waals surface area contributed by atoms with E-state index in [0.29, 0.717) is 11.8 Å². The van der Waals surface area contributed by atoms with Crippen molar-refractivity contribution in [1.82, 2.24) is 4.98 Å². The number of aryl methyl sites for hydroxylation is 1. The zero-order chi connectivity index (χ0) is 17.4. The van der Waals surface area contributed by atoms with E-state index in [9.17, 15) is 0 Å². The quantitative estimate of drug-likeness (QED) is 0.691. The van der Waals surface area contributed by atoms with Crippen LogP contribution in [0.3, 0.4) is 0 Å². The van der Waals surface area contributed by atoms with Crippen molar-refractivity contribution in [1.29, 1.82) is 0 Å². The van der Waals surface area contributed by atoms with Crippen LogP contribution in [-0.4, -0.2) is 22.7 Å². The standard InChI is InChI=1S/C19H25NO4S/c1-10-5-6-14-12(3)15(16-20-9-11(2)25-16)21-17-19(14)13(10)7-8-18(4,22-17)23-24-19/h9-10,13-14,17H,5-8H2,1-4H3/t10-,13+,14+,17?,18?,19-/m1/s1. The minimum Gasteiger partial charge on any atom is -0.458 e. The summed E-state index contributed by atoms with van der Waals surface area (Å²) in [4.78, 5) is 17.7. The molecule has 6 atom stereocenters. The van der Waals surface area contributed by atoms with Gasteiger partial charge in [-0.2, -0.15) is 0 Å². The second-order valence-electron chi connectivity index (χ2n) is 8.26. The van der Waals surface area contributed by atoms with Gasteiger partial charge in [-0.1, -0.05) is 6.92 Å². The number of aromatic nitrogens is 1. The van der Waals surface area contributed by atoms with Gasteiger partial charge in [0.05, 0.1) is 0 Å². The molecule has 5 aliphatic rings. The summed E-state index contributed by atoms with van der Waals surface area (Å²) < 4.78 is 12.8. The lowest BCUT2D eigenvalue weighted by molar-refractivity contribution is -0.553. The van der Waals surface area contributed by atoms with Gasteiger partial charge in [0.2, 0.25) is 12.1 Å². The highest BCUT2D eigenvalue weighted by Crippen LogP contribution is 2.61. The molecule has 0 amide bonds. The van der Waals surface area contributed by atoms with Crippen molar-refractivity contribution in [2.75, 3.05) is 0 Å². The average Bonchev–Trinajstić information content (AvgIpc) is 2.88. The van der Waals surface area contributed by atoms with Crippen molar-refractivity contribution >= 4 is 17.1 Å². The molecule has 3 saturated heterocycles. The van der Waals surface area contributed by atoms with E-state index >= 15 is 0 Å². The molecular weight excluding hydrogens is 338 g/mol. The second kappa shape index (κ2) is 5.28. The molecule has 0 aromatic carbocycles. The predicted molar refractivity (Wildman–Crippen MR) is 93.3 cm³/mol. The third kappa shape index (κ3) is 2.14. The zero-order valence-corrected chi connectivity index (χ0v) is 16.0. The number of ether oxygens (including phenoxy) is 2. The Balaban J connectivity index is 1.66. The first-order chi connectivity index (χ1) is 11.9. The summed E-state index contributed by atoms with van der Waals surface area (Å²) in [5, 5.41) is 0.940. The number of hydrogen-bond acceptors (Lipinski definition) is 6. The fraction of sp³-hybridized carbons (Fsp3) is 0.737. The van der Waals surface area contributed by atoms with Crippen molar-refractivity contribution in [2.24, 2.45) is 17.8 Å². The summed E-state index contributed by atoms with van der Waals surface area (Å²) in [6.45, 7) is 8.52. The number of thiazole rings is 1. The minimum atomic E-state index is -0.729. The van der Waals surface area contributed by atoms with E-state index in [0.717, 1.165) is 30.0 Å². The number of rotatable bonds is 1. The number of fused-ring (bicyclic) bond motifs is 2. The maximum Gasteiger partial charge on any atom is 0.236 e. The summed E-state index contributed by atoms with van der Waals surface area (Å²) >= 11 is 1.67. The Kier molecular flexibility index (Phi) is 3.43. The van der Waals surface area contributed by atoms with E-state index in [-0.39, 0.29) is 5.92 Å². The molecule has 6 heteroatoms. The van der Waals surface area contributed by atoms with Gasteiger partial charge in [-0.15, -0.1) is 11.3 Å². The van der Waals surface area contributed by atoms with Crippen molar-refractivity contribution in [3.63, 3.8) is 0 Å². The molecule has 1 aromatic rings. The van der Waals surface area contributed by atoms with Crippen molar-refractivity contribution in [2.45, 2.75) is 71.1 Å². The molecule has 25 heavy (non-hydrogen) atoms. The van der Waals surface area contributed by atoms with E-state index < -0.39 is 17.7 Å². The molecule has 4 fully saturated rings. The smallest absolute Gasteiger partial charge is 0.236 e. The van der Waals surface area contributed by atoms with Crippen molar-refractivity contribution in [3.05, 3.63) is 21.7 Å². The van der Waals surface area contributed by atoms with E-state index in [1.807, 2.05) is 13.1 Å². The normalized spacial score (nSPS) is 45.8. The SMILES string of the molecule is CC1=C(c2ncc(C)s2)OC2OC3(C)CC[C@H]4[C@H](C)CC[C@@H]1[C@@]24OO3. The van der Waals surface area contributed by atoms with Crippen molar-refractivity contribution < 1.29 is 19.2 Å². The molecule has 1 aromatic heterocycles. The maximum absolute atomic E-state index is 6.46. The van der Waals surface area contributed by atoms with Crippen LogP contribution in [0.4, 0.5) is 0 Å². The molecule has 6 rings (SSSR count). The molecule has 136 valence electrons. The monoisotopic (exact) mass is 363 g/mol. The van der Waals surface area contributed by atoms with Crippen LogP contribution >= 0.6 is 11.3 Å². The lowest BCUT2D eigenvalue weighted by atomic mass is 9.59. The van der Waals surface area contributed by atoms with E-state index in [2.05, 4.69) is 25.8 Å². The number of hydrogen-bond donors (Lipinski definition) is 0. The predicted octanol–water partition coefficient (Wildman–Crippen LogP) is 4.43. The van der Waals surface area contributed by atoms with Crippen LogP contribution in [0.1, 0.15) is 56.3 Å². The second-order valence-corrected chi connectivity index (χ2v) is 9.50. The van der Waals surface area contributed by atoms with Crippen LogP contribution in [0, 0.1) is 24.7 Å². The molecule has 5 heterocycles. The Bertz CT molecular complexity index is 746. The van der Waals surface area contributed by atoms with Gasteiger partial charge < -0.3 is 9.47 Å². The van der Waals surface area contributed by atoms with Crippen LogP contribution in [0.25, 0.3) is 5.76 Å². The summed E-state index contributed by atoms with van der Waals surface area (Å²) in [5.41, 5.74) is 0.688. The molecule has 2 bridgehead atoms. The molecule has 0 radical (unpaired) electrons. The maximum atomic E-state index is 6.46. The van der Waals surface area contributed by atoms with E-state index in [1.165, 1.54) is 16.9 Å². The Hall–Kier alpha value is -0.950. The lowest BCUT2D eigenvalue weighted by Gasteiger charge is -2.57. The Morgan fingerprint density at radius 3 is 2.80 bits per heavy atom. The van der Waals surface area contributed by atoms with Crippen molar-refractivity contribution in [3.8, 4) is 0 Å². The first-order valence-electron chi connectivity index (χ1n) is 9.28. The van der Waals surface area contributed by atoms with Gasteiger partial charge in [-0.05, 0) is 51.5 Å². The summed E-state index contributed by atoms with van der Waals surface area (Å²) in [6, 6.07) is 0. The topological polar surface area (TPSA) is 49.8 Å². The average molecular weight is 363 g/mol. The van der Waals surface area contributed by atoms with E-state index in [4.69, 9.17) is 19.2 Å². The Morgan fingerprint density at radius 1 is 1.20 bits per heavy atom. The molecule has 1 spiro atoms. The van der Waals surface area contributed by atoms with Crippen LogP contribution in [0.5, 0.6) is 0 Å². The fourth-order valence-corrected chi connectivity index (χ4v) is 6.11. The fourth-order valence-electron chi connectivity index (χ4n) is 5.29. The van der Waals surface area contributed by atoms with E-state index in [1.54, 1.807) is 11.3 Å². The molecule has 5 nitrogen and oxygen atoms in total. The molecule has 2 unspecified atom stereocenters. The molecule has 0 N–H and O–H groups in total. The van der Waals surface area contributed by atoms with Gasteiger partial charge in [0.25, 0.3) is 0 Å². The van der Waals surface area contributed by atoms with Crippen LogP contribution in [0.2, 0.25) is 0 Å². The molecular formula is C19H25NO4S. The van der Waals surface area contributed by atoms with Crippen LogP contribution in [-0.2, 0) is 19.2 Å². The van der Waals surface area contributed by atoms with Gasteiger partial charge in [0, 0.05) is 29.3 Å². The van der Waals surface area contributed by atoms with Gasteiger partial charge in [0.15, 0.2) is 16.4 Å². The highest BCUT2D eigenvalue weighted by atomic mass is 32.1. The molecule has 4 aliphatic heterocycles. The summed E-state index contributed by atoms with van der Waals surface area (Å²) in [7, 11) is 0. The summed E-state index contributed by atoms with van der Waals surface area (Å²) in [6.07, 6.45) is 5.62. The van der Waals surface area contributed by atoms with Gasteiger partial charge >= 0.3 is 0 Å². The lowest BCUT2D eigenvalue weighted by Crippen LogP contribution is -2.66. The third-order valence-corrected chi connectivity index (χ3v) is 7.55. The Morgan fingerprint density at radius 2 is 2.04 bits per heavy atom. The molecule has 1 aliphatic carbocycles. The largest absolute Gasteiger partial charge is 0.458 e. The van der Waals surface area contributed by atoms with Gasteiger partial charge in [0.1, 0.15) is 0 Å². The van der Waals surface area contributed by atoms with Crippen LogP contribution < -0.4 is 0 Å². The zero-order valence-electron chi connectivity index (χ0n) is 15.2. The van der Waals surface area contributed by atoms with Crippen LogP contribution in [0.15, 0.2) is 11.8 Å². The Labute approximate surface area is 152 Å². The first-order valence-corrected chi connectivity index (χ1v) is 10.1. The van der Waals surface area contributed by atoms with Gasteiger partial charge in [-0.25, -0.2) is 14.8 Å². The van der Waals surface area contributed by atoms with Gasteiger partial charge in [-0.3, -0.25) is 0 Å². The first kappa shape index (κ1) is 16.2. The summed E-state index contributed by atoms with van der Waals surface area (Å²) in [5.74, 6) is 1.36. The number of nitrogens with zero attached hydrogens (tertiary/aromatic N) is 1. The minimum absolute atomic E-state index is 0.245. The highest BCUT2D eigenvalue weighted by molar-refractivity contribution is 7.12. The molecule has 1 saturated carbocycles. The third-order valence-electron chi connectivity index (χ3n) is 6.64. The highest BCUT2D eigenvalue weighted by Gasteiger charge is 2.68.